The summed E-state index contributed by atoms with van der Waals surface area (Å²) in [5, 5.41) is 0.439. The van der Waals surface area contributed by atoms with Gasteiger partial charge in [0, 0.05) is 31.5 Å². The Bertz CT molecular complexity index is 958. The van der Waals surface area contributed by atoms with Gasteiger partial charge in [-0.1, -0.05) is 18.5 Å². The van der Waals surface area contributed by atoms with Crippen LogP contribution in [-0.2, 0) is 4.74 Å². The Hall–Kier alpha value is -2.18. The summed E-state index contributed by atoms with van der Waals surface area (Å²) in [5.74, 6) is -0.328. The fourth-order valence-electron chi connectivity index (χ4n) is 3.29. The van der Waals surface area contributed by atoms with Crippen molar-refractivity contribution in [3.8, 4) is 17.3 Å². The van der Waals surface area contributed by atoms with Crippen LogP contribution in [0.1, 0.15) is 31.4 Å². The van der Waals surface area contributed by atoms with Gasteiger partial charge in [0.05, 0.1) is 23.3 Å². The highest BCUT2D eigenvalue weighted by Crippen LogP contribution is 2.36. The normalized spacial score (nSPS) is 12.5. The van der Waals surface area contributed by atoms with E-state index < -0.39 is 0 Å². The van der Waals surface area contributed by atoms with Gasteiger partial charge in [0.25, 0.3) is 6.01 Å². The van der Waals surface area contributed by atoms with Gasteiger partial charge in [-0.15, -0.1) is 0 Å². The molecule has 2 aromatic heterocycles. The molecule has 0 saturated heterocycles. The number of rotatable bonds is 7. The molecule has 1 aromatic carbocycles. The predicted octanol–water partition coefficient (Wildman–Crippen LogP) is 5.20. The molecule has 0 aliphatic carbocycles. The fraction of sp³-hybridized carbons (Fsp3) is 0.400. The molecule has 144 valence electrons. The van der Waals surface area contributed by atoms with Crippen molar-refractivity contribution in [1.29, 1.82) is 0 Å². The summed E-state index contributed by atoms with van der Waals surface area (Å²) in [5.41, 5.74) is 3.05. The highest BCUT2D eigenvalue weighted by atomic mass is 35.5. The van der Waals surface area contributed by atoms with Crippen molar-refractivity contribution in [3.63, 3.8) is 0 Å². The third-order valence-electron chi connectivity index (χ3n) is 4.75. The van der Waals surface area contributed by atoms with Gasteiger partial charge in [-0.3, -0.25) is 9.55 Å². The topological polar surface area (TPSA) is 49.2 Å². The molecule has 0 spiro atoms. The Kier molecular flexibility index (Phi) is 5.97. The standard InChI is InChI=1S/C20H23ClFN3O2/c1-5-13(7-9-26-3)25-17-6-8-23-18(19(17)24-20(25)27-4)14-11-16(22)12(2)10-15(14)21/h6,8,10-11,13H,5,7,9H2,1-4H3. The summed E-state index contributed by atoms with van der Waals surface area (Å²) in [6.45, 7) is 4.42. The average Bonchev–Trinajstić information content (AvgIpc) is 3.04. The van der Waals surface area contributed by atoms with Crippen LogP contribution in [0.5, 0.6) is 6.01 Å². The number of halogens is 2. The maximum Gasteiger partial charge on any atom is 0.297 e. The van der Waals surface area contributed by atoms with E-state index in [9.17, 15) is 4.39 Å². The monoisotopic (exact) mass is 391 g/mol. The Morgan fingerprint density at radius 1 is 1.30 bits per heavy atom. The fourth-order valence-corrected chi connectivity index (χ4v) is 3.60. The van der Waals surface area contributed by atoms with Crippen LogP contribution in [0.25, 0.3) is 22.3 Å². The number of hydrogen-bond acceptors (Lipinski definition) is 4. The molecule has 0 aliphatic heterocycles. The second-order valence-electron chi connectivity index (χ2n) is 6.42. The van der Waals surface area contributed by atoms with Gasteiger partial charge in [-0.2, -0.15) is 4.98 Å². The lowest BCUT2D eigenvalue weighted by molar-refractivity contribution is 0.175. The van der Waals surface area contributed by atoms with Crippen molar-refractivity contribution in [2.75, 3.05) is 20.8 Å². The van der Waals surface area contributed by atoms with Crippen LogP contribution in [0.15, 0.2) is 24.4 Å². The summed E-state index contributed by atoms with van der Waals surface area (Å²) >= 11 is 6.39. The van der Waals surface area contributed by atoms with Crippen LogP contribution >= 0.6 is 11.6 Å². The quantitative estimate of drug-likeness (QED) is 0.555. The maximum absolute atomic E-state index is 14.2. The van der Waals surface area contributed by atoms with Gasteiger partial charge in [0.15, 0.2) is 0 Å². The van der Waals surface area contributed by atoms with Gasteiger partial charge in [0.1, 0.15) is 11.3 Å². The Morgan fingerprint density at radius 2 is 2.07 bits per heavy atom. The van der Waals surface area contributed by atoms with Crippen LogP contribution in [0.3, 0.4) is 0 Å². The maximum atomic E-state index is 14.2. The lowest BCUT2D eigenvalue weighted by atomic mass is 10.1. The van der Waals surface area contributed by atoms with Gasteiger partial charge < -0.3 is 9.47 Å². The van der Waals surface area contributed by atoms with E-state index in [1.165, 1.54) is 6.07 Å². The SMILES string of the molecule is CCC(CCOC)n1c(OC)nc2c(-c3cc(F)c(C)cc3Cl)nccc21. The molecule has 7 heteroatoms. The molecule has 0 saturated carbocycles. The van der Waals surface area contributed by atoms with E-state index in [0.29, 0.717) is 40.0 Å². The van der Waals surface area contributed by atoms with Crippen molar-refractivity contribution >= 4 is 22.6 Å². The van der Waals surface area contributed by atoms with Crippen LogP contribution in [-0.4, -0.2) is 35.4 Å². The number of methoxy groups -OCH3 is 2. The van der Waals surface area contributed by atoms with Crippen LogP contribution in [0, 0.1) is 12.7 Å². The van der Waals surface area contributed by atoms with Crippen LogP contribution in [0.4, 0.5) is 4.39 Å². The van der Waals surface area contributed by atoms with E-state index in [-0.39, 0.29) is 11.9 Å². The molecule has 2 heterocycles. The van der Waals surface area contributed by atoms with Crippen molar-refractivity contribution in [1.82, 2.24) is 14.5 Å². The zero-order chi connectivity index (χ0) is 19.6. The number of aryl methyl sites for hydroxylation is 1. The number of nitrogens with zero attached hydrogens (tertiary/aromatic N) is 3. The Morgan fingerprint density at radius 3 is 2.74 bits per heavy atom. The molecule has 1 unspecified atom stereocenters. The summed E-state index contributed by atoms with van der Waals surface area (Å²) in [7, 11) is 3.28. The molecule has 0 bridgehead atoms. The molecule has 0 radical (unpaired) electrons. The molecular formula is C20H23ClFN3O2. The molecule has 27 heavy (non-hydrogen) atoms. The zero-order valence-electron chi connectivity index (χ0n) is 15.9. The summed E-state index contributed by atoms with van der Waals surface area (Å²) in [6, 6.07) is 5.56. The van der Waals surface area contributed by atoms with Gasteiger partial charge >= 0.3 is 0 Å². The number of hydrogen-bond donors (Lipinski definition) is 0. The highest BCUT2D eigenvalue weighted by Gasteiger charge is 2.22. The molecule has 0 fully saturated rings. The molecule has 3 rings (SSSR count). The van der Waals surface area contributed by atoms with Crippen LogP contribution < -0.4 is 4.74 Å². The lowest BCUT2D eigenvalue weighted by Gasteiger charge is -2.19. The second kappa shape index (κ2) is 8.23. The highest BCUT2D eigenvalue weighted by molar-refractivity contribution is 6.33. The first-order valence-electron chi connectivity index (χ1n) is 8.87. The number of fused-ring (bicyclic) bond motifs is 1. The van der Waals surface area contributed by atoms with E-state index in [1.807, 2.05) is 6.07 Å². The molecule has 3 aromatic rings. The van der Waals surface area contributed by atoms with E-state index in [4.69, 9.17) is 21.1 Å². The lowest BCUT2D eigenvalue weighted by Crippen LogP contribution is -2.12. The third-order valence-corrected chi connectivity index (χ3v) is 5.07. The number of benzene rings is 1. The summed E-state index contributed by atoms with van der Waals surface area (Å²) in [6.07, 6.45) is 3.40. The molecule has 1 atom stereocenters. The van der Waals surface area contributed by atoms with Gasteiger partial charge in [-0.25, -0.2) is 4.39 Å². The number of imidazole rings is 1. The summed E-state index contributed by atoms with van der Waals surface area (Å²) < 4.78 is 27.0. The average molecular weight is 392 g/mol. The third kappa shape index (κ3) is 3.64. The molecule has 5 nitrogen and oxygen atoms in total. The minimum Gasteiger partial charge on any atom is -0.468 e. The Labute approximate surface area is 163 Å². The van der Waals surface area contributed by atoms with E-state index in [2.05, 4.69) is 21.5 Å². The smallest absolute Gasteiger partial charge is 0.297 e. The van der Waals surface area contributed by atoms with Crippen molar-refractivity contribution in [3.05, 3.63) is 40.8 Å². The molecule has 0 N–H and O–H groups in total. The number of pyridine rings is 1. The molecule has 0 aliphatic rings. The first kappa shape index (κ1) is 19.6. The Balaban J connectivity index is 2.22. The molecule has 0 amide bonds. The van der Waals surface area contributed by atoms with Crippen LogP contribution in [0.2, 0.25) is 5.02 Å². The van der Waals surface area contributed by atoms with E-state index >= 15 is 0 Å². The summed E-state index contributed by atoms with van der Waals surface area (Å²) in [4.78, 5) is 9.07. The van der Waals surface area contributed by atoms with E-state index in [0.717, 1.165) is 18.4 Å². The zero-order valence-corrected chi connectivity index (χ0v) is 16.7. The largest absolute Gasteiger partial charge is 0.468 e. The van der Waals surface area contributed by atoms with Crippen molar-refractivity contribution in [2.24, 2.45) is 0 Å². The molecular weight excluding hydrogens is 369 g/mol. The number of aromatic nitrogens is 3. The van der Waals surface area contributed by atoms with Gasteiger partial charge in [-0.05, 0) is 43.5 Å². The minimum absolute atomic E-state index is 0.158. The first-order valence-corrected chi connectivity index (χ1v) is 9.25. The number of ether oxygens (including phenoxy) is 2. The minimum atomic E-state index is -0.328. The predicted molar refractivity (Wildman–Crippen MR) is 105 cm³/mol. The van der Waals surface area contributed by atoms with Crippen molar-refractivity contribution < 1.29 is 13.9 Å². The van der Waals surface area contributed by atoms with Crippen molar-refractivity contribution in [2.45, 2.75) is 32.7 Å². The van der Waals surface area contributed by atoms with Gasteiger partial charge in [0.2, 0.25) is 0 Å². The first-order chi connectivity index (χ1) is 13.0. The van der Waals surface area contributed by atoms with E-state index in [1.54, 1.807) is 33.4 Å². The second-order valence-corrected chi connectivity index (χ2v) is 6.83.